The second-order valence-electron chi connectivity index (χ2n) is 11.7. The van der Waals surface area contributed by atoms with Crippen LogP contribution in [-0.4, -0.2) is 80.5 Å². The van der Waals surface area contributed by atoms with Gasteiger partial charge in [-0.3, -0.25) is 14.4 Å². The van der Waals surface area contributed by atoms with Crippen molar-refractivity contribution in [1.82, 2.24) is 15.2 Å². The Kier molecular flexibility index (Phi) is 8.72. The molecule has 2 saturated heterocycles. The molecule has 3 aliphatic rings. The van der Waals surface area contributed by atoms with Crippen LogP contribution in [0.1, 0.15) is 70.3 Å². The van der Waals surface area contributed by atoms with Crippen molar-refractivity contribution >= 4 is 34.8 Å². The normalized spacial score (nSPS) is 16.8. The Bertz CT molecular complexity index is 1520. The van der Waals surface area contributed by atoms with Crippen molar-refractivity contribution in [1.29, 1.82) is 0 Å². The predicted molar refractivity (Wildman–Crippen MR) is 168 cm³/mol. The molecule has 2 aliphatic heterocycles. The second kappa shape index (κ2) is 13.0. The van der Waals surface area contributed by atoms with Gasteiger partial charge in [-0.1, -0.05) is 18.2 Å². The minimum atomic E-state index is -0.396. The molecule has 1 aromatic heterocycles. The SMILES string of the molecule is COc1cc(N2CCN(c3ccccc3C)CC2)c(NC(=O)c2coc(C3CC3)n2)cc1C(=O)NCCCN1CCCC1=O. The number of methoxy groups -OCH3 is 1. The largest absolute Gasteiger partial charge is 0.496 e. The molecule has 0 unspecified atom stereocenters. The van der Waals surface area contributed by atoms with Crippen LogP contribution in [0, 0.1) is 6.92 Å². The third kappa shape index (κ3) is 6.51. The van der Waals surface area contributed by atoms with Crippen LogP contribution in [0.15, 0.2) is 47.1 Å². The number of amides is 3. The predicted octanol–water partition coefficient (Wildman–Crippen LogP) is 4.19. The lowest BCUT2D eigenvalue weighted by atomic mass is 10.1. The Labute approximate surface area is 257 Å². The first-order valence-corrected chi connectivity index (χ1v) is 15.5. The number of hydrogen-bond donors (Lipinski definition) is 2. The summed E-state index contributed by atoms with van der Waals surface area (Å²) in [5.41, 5.74) is 4.26. The summed E-state index contributed by atoms with van der Waals surface area (Å²) in [6.45, 7) is 6.97. The topological polar surface area (TPSA) is 120 Å². The summed E-state index contributed by atoms with van der Waals surface area (Å²) in [5, 5.41) is 5.97. The van der Waals surface area contributed by atoms with Gasteiger partial charge >= 0.3 is 0 Å². The van der Waals surface area contributed by atoms with Gasteiger partial charge in [-0.25, -0.2) is 4.98 Å². The molecule has 11 heteroatoms. The minimum absolute atomic E-state index is 0.171. The lowest BCUT2D eigenvalue weighted by Crippen LogP contribution is -2.47. The van der Waals surface area contributed by atoms with Crippen LogP contribution in [-0.2, 0) is 4.79 Å². The number of anilines is 3. The van der Waals surface area contributed by atoms with Crippen molar-refractivity contribution in [2.45, 2.75) is 44.9 Å². The molecule has 11 nitrogen and oxygen atoms in total. The summed E-state index contributed by atoms with van der Waals surface area (Å²) in [6.07, 6.45) is 5.58. The number of rotatable bonds is 11. The van der Waals surface area contributed by atoms with Gasteiger partial charge in [0.2, 0.25) is 5.91 Å². The van der Waals surface area contributed by atoms with Crippen molar-refractivity contribution < 1.29 is 23.5 Å². The summed E-state index contributed by atoms with van der Waals surface area (Å²) in [6, 6.07) is 11.9. The number of aryl methyl sites for hydroxylation is 1. The van der Waals surface area contributed by atoms with Crippen LogP contribution < -0.4 is 25.2 Å². The van der Waals surface area contributed by atoms with Gasteiger partial charge in [-0.15, -0.1) is 0 Å². The fraction of sp³-hybridized carbons (Fsp3) is 0.455. The Morgan fingerprint density at radius 3 is 2.45 bits per heavy atom. The van der Waals surface area contributed by atoms with E-state index in [2.05, 4.69) is 50.5 Å². The molecule has 2 N–H and O–H groups in total. The van der Waals surface area contributed by atoms with Crippen LogP contribution in [0.2, 0.25) is 0 Å². The maximum atomic E-state index is 13.4. The van der Waals surface area contributed by atoms with Crippen molar-refractivity contribution in [2.24, 2.45) is 0 Å². The number of nitrogens with zero attached hydrogens (tertiary/aromatic N) is 4. The van der Waals surface area contributed by atoms with E-state index in [4.69, 9.17) is 9.15 Å². The molecule has 3 aromatic rings. The molecule has 0 bridgehead atoms. The highest BCUT2D eigenvalue weighted by molar-refractivity contribution is 6.07. The molecule has 6 rings (SSSR count). The Morgan fingerprint density at radius 1 is 1.02 bits per heavy atom. The average Bonchev–Trinajstić information content (AvgIpc) is 3.62. The van der Waals surface area contributed by atoms with Crippen LogP contribution >= 0.6 is 0 Å². The number of oxazole rings is 1. The average molecular weight is 601 g/mol. The smallest absolute Gasteiger partial charge is 0.277 e. The number of ether oxygens (including phenoxy) is 1. The van der Waals surface area contributed by atoms with Crippen LogP contribution in [0.3, 0.4) is 0 Å². The van der Waals surface area contributed by atoms with Crippen LogP contribution in [0.25, 0.3) is 0 Å². The molecule has 44 heavy (non-hydrogen) atoms. The first kappa shape index (κ1) is 29.5. The number of carbonyl (C=O) groups is 3. The molecule has 2 aromatic carbocycles. The molecule has 1 saturated carbocycles. The third-order valence-corrected chi connectivity index (χ3v) is 8.63. The molecular formula is C33H40N6O5. The number of aromatic nitrogens is 1. The van der Waals surface area contributed by atoms with Gasteiger partial charge in [0.25, 0.3) is 11.8 Å². The Balaban J connectivity index is 1.21. The third-order valence-electron chi connectivity index (χ3n) is 8.63. The zero-order valence-electron chi connectivity index (χ0n) is 25.4. The van der Waals surface area contributed by atoms with E-state index in [9.17, 15) is 14.4 Å². The number of nitrogens with one attached hydrogen (secondary N) is 2. The number of piperazine rings is 1. The van der Waals surface area contributed by atoms with E-state index >= 15 is 0 Å². The van der Waals surface area contributed by atoms with Gasteiger partial charge in [-0.2, -0.15) is 0 Å². The molecule has 0 atom stereocenters. The van der Waals surface area contributed by atoms with Gasteiger partial charge < -0.3 is 34.5 Å². The number of benzene rings is 2. The van der Waals surface area contributed by atoms with Gasteiger partial charge in [0.15, 0.2) is 11.6 Å². The van der Waals surface area contributed by atoms with Gasteiger partial charge in [0, 0.05) is 69.9 Å². The molecule has 1 aliphatic carbocycles. The van der Waals surface area contributed by atoms with Gasteiger partial charge in [0.05, 0.1) is 24.0 Å². The molecule has 0 radical (unpaired) electrons. The maximum Gasteiger partial charge on any atom is 0.277 e. The second-order valence-corrected chi connectivity index (χ2v) is 11.7. The molecule has 0 spiro atoms. The summed E-state index contributed by atoms with van der Waals surface area (Å²) < 4.78 is 11.3. The van der Waals surface area contributed by atoms with Crippen molar-refractivity contribution in [3.63, 3.8) is 0 Å². The van der Waals surface area contributed by atoms with E-state index in [0.29, 0.717) is 48.8 Å². The lowest BCUT2D eigenvalue weighted by molar-refractivity contribution is -0.127. The monoisotopic (exact) mass is 600 g/mol. The van der Waals surface area contributed by atoms with Gasteiger partial charge in [-0.05, 0) is 50.3 Å². The zero-order valence-corrected chi connectivity index (χ0v) is 25.4. The lowest BCUT2D eigenvalue weighted by Gasteiger charge is -2.38. The Morgan fingerprint density at radius 2 is 1.77 bits per heavy atom. The molecule has 3 amide bonds. The van der Waals surface area contributed by atoms with Crippen LogP contribution in [0.4, 0.5) is 17.1 Å². The van der Waals surface area contributed by atoms with E-state index < -0.39 is 5.91 Å². The number of carbonyl (C=O) groups excluding carboxylic acids is 3. The van der Waals surface area contributed by atoms with E-state index in [-0.39, 0.29) is 23.4 Å². The van der Waals surface area contributed by atoms with Crippen LogP contribution in [0.5, 0.6) is 5.75 Å². The maximum absolute atomic E-state index is 13.4. The van der Waals surface area contributed by atoms with E-state index in [1.165, 1.54) is 24.6 Å². The highest BCUT2D eigenvalue weighted by Crippen LogP contribution is 2.40. The summed E-state index contributed by atoms with van der Waals surface area (Å²) in [4.78, 5) is 49.5. The summed E-state index contributed by atoms with van der Waals surface area (Å²) >= 11 is 0. The molecule has 3 heterocycles. The number of hydrogen-bond acceptors (Lipinski definition) is 8. The molecule has 3 fully saturated rings. The van der Waals surface area contributed by atoms with E-state index in [1.54, 1.807) is 6.07 Å². The standard InChI is InChI=1S/C33H40N6O5/c1-22-7-3-4-8-27(22)37-15-17-38(18-16-37)28-20-29(43-2)24(31(41)34-12-6-14-39-13-5-9-30(39)40)19-25(28)35-32(42)26-21-44-33(36-26)23-10-11-23/h3-4,7-8,19-21,23H,5-6,9-18H2,1-2H3,(H,34,41)(H,35,42). The zero-order chi connectivity index (χ0) is 30.6. The number of likely N-dealkylation sites (tertiary alicyclic amines) is 1. The van der Waals surface area contributed by atoms with Gasteiger partial charge in [0.1, 0.15) is 12.0 Å². The van der Waals surface area contributed by atoms with E-state index in [0.717, 1.165) is 57.7 Å². The Hall–Kier alpha value is -4.54. The summed E-state index contributed by atoms with van der Waals surface area (Å²) in [5.74, 6) is 0.768. The highest BCUT2D eigenvalue weighted by atomic mass is 16.5. The first-order valence-electron chi connectivity index (χ1n) is 15.5. The first-order chi connectivity index (χ1) is 21.4. The van der Waals surface area contributed by atoms with Crippen molar-refractivity contribution in [3.8, 4) is 5.75 Å². The highest BCUT2D eigenvalue weighted by Gasteiger charge is 2.30. The fourth-order valence-electron chi connectivity index (χ4n) is 5.99. The van der Waals surface area contributed by atoms with Crippen molar-refractivity contribution in [2.75, 3.05) is 68.0 Å². The van der Waals surface area contributed by atoms with E-state index in [1.807, 2.05) is 17.0 Å². The molecule has 232 valence electrons. The summed E-state index contributed by atoms with van der Waals surface area (Å²) in [7, 11) is 1.54. The fourth-order valence-corrected chi connectivity index (χ4v) is 5.99. The number of para-hydroxylation sites is 1. The molecular weight excluding hydrogens is 560 g/mol. The minimum Gasteiger partial charge on any atom is -0.496 e. The quantitative estimate of drug-likeness (QED) is 0.315. The van der Waals surface area contributed by atoms with Crippen molar-refractivity contribution in [3.05, 3.63) is 65.4 Å².